The number of imidazole rings is 1. The fourth-order valence-corrected chi connectivity index (χ4v) is 7.90. The Labute approximate surface area is 199 Å². The lowest BCUT2D eigenvalue weighted by Gasteiger charge is -2.16. The van der Waals surface area contributed by atoms with Gasteiger partial charge in [0.05, 0.1) is 23.0 Å². The van der Waals surface area contributed by atoms with Gasteiger partial charge in [0.25, 0.3) is 0 Å². The summed E-state index contributed by atoms with van der Waals surface area (Å²) >= 11 is 1.49. The largest absolute Gasteiger partial charge is 0.344 e. The van der Waals surface area contributed by atoms with E-state index in [2.05, 4.69) is 16.7 Å². The molecule has 8 heteroatoms. The van der Waals surface area contributed by atoms with E-state index >= 15 is 0 Å². The van der Waals surface area contributed by atoms with Crippen LogP contribution in [0.3, 0.4) is 0 Å². The Morgan fingerprint density at radius 1 is 1.15 bits per heavy atom. The van der Waals surface area contributed by atoms with Gasteiger partial charge in [-0.25, -0.2) is 13.4 Å². The predicted octanol–water partition coefficient (Wildman–Crippen LogP) is 4.50. The molecule has 1 saturated heterocycles. The van der Waals surface area contributed by atoms with Crippen LogP contribution in [0.4, 0.5) is 0 Å². The summed E-state index contributed by atoms with van der Waals surface area (Å²) in [7, 11) is -2.99. The first kappa shape index (κ1) is 22.5. The van der Waals surface area contributed by atoms with Crippen LogP contribution in [-0.4, -0.2) is 45.6 Å². The molecule has 2 aliphatic rings. The lowest BCUT2D eigenvalue weighted by atomic mass is 10.0. The molecule has 0 bridgehead atoms. The Bertz CT molecular complexity index is 1310. The Morgan fingerprint density at radius 3 is 2.64 bits per heavy atom. The highest BCUT2D eigenvalue weighted by atomic mass is 32.2. The SMILES string of the molecule is Cc1cc(C(=O)CSc2nc3c(n2-c2ccccc2)CCCC3)c(C)n1C1CCS(=O)(=O)C1. The second-order valence-electron chi connectivity index (χ2n) is 9.09. The summed E-state index contributed by atoms with van der Waals surface area (Å²) in [4.78, 5) is 18.2. The average Bonchev–Trinajstić information content (AvgIpc) is 3.44. The number of thioether (sulfide) groups is 1. The fraction of sp³-hybridized carbons (Fsp3) is 0.440. The van der Waals surface area contributed by atoms with E-state index in [4.69, 9.17) is 4.98 Å². The number of Topliss-reactive ketones (excluding diaryl/α,β-unsaturated/α-hetero) is 1. The van der Waals surface area contributed by atoms with Crippen molar-refractivity contribution >= 4 is 27.4 Å². The standard InChI is InChI=1S/C25H29N3O3S2/c1-17-14-21(18(2)27(17)20-12-13-33(30,31)16-20)24(29)15-32-25-26-22-10-6-7-11-23(22)28(25)19-8-4-3-5-9-19/h3-5,8-9,14,20H,6-7,10-13,15-16H2,1-2H3. The molecule has 0 N–H and O–H groups in total. The van der Waals surface area contributed by atoms with Crippen LogP contribution < -0.4 is 0 Å². The smallest absolute Gasteiger partial charge is 0.175 e. The van der Waals surface area contributed by atoms with E-state index < -0.39 is 9.84 Å². The average molecular weight is 484 g/mol. The van der Waals surface area contributed by atoms with Crippen LogP contribution in [0.25, 0.3) is 5.69 Å². The number of fused-ring (bicyclic) bond motifs is 1. The van der Waals surface area contributed by atoms with Crippen LogP contribution in [0.1, 0.15) is 58.4 Å². The number of aromatic nitrogens is 3. The van der Waals surface area contributed by atoms with Crippen molar-refractivity contribution in [2.75, 3.05) is 17.3 Å². The molecule has 174 valence electrons. The van der Waals surface area contributed by atoms with Crippen LogP contribution in [0.2, 0.25) is 0 Å². The molecule has 1 aliphatic heterocycles. The minimum absolute atomic E-state index is 0.0563. The summed E-state index contributed by atoms with van der Waals surface area (Å²) in [6.07, 6.45) is 4.93. The Morgan fingerprint density at radius 2 is 1.91 bits per heavy atom. The summed E-state index contributed by atoms with van der Waals surface area (Å²) in [5.74, 6) is 0.739. The molecule has 2 aromatic heterocycles. The van der Waals surface area contributed by atoms with Gasteiger partial charge in [-0.2, -0.15) is 0 Å². The van der Waals surface area contributed by atoms with Crippen molar-refractivity contribution in [3.63, 3.8) is 0 Å². The van der Waals surface area contributed by atoms with Gasteiger partial charge in [0, 0.05) is 34.4 Å². The maximum atomic E-state index is 13.2. The molecule has 3 aromatic rings. The molecule has 0 saturated carbocycles. The molecule has 1 aromatic carbocycles. The van der Waals surface area contributed by atoms with Crippen LogP contribution >= 0.6 is 11.8 Å². The zero-order valence-electron chi connectivity index (χ0n) is 19.1. The first-order valence-corrected chi connectivity index (χ1v) is 14.4. The van der Waals surface area contributed by atoms with Crippen molar-refractivity contribution in [3.05, 3.63) is 64.7 Å². The molecule has 1 unspecified atom stereocenters. The van der Waals surface area contributed by atoms with E-state index in [1.165, 1.54) is 17.5 Å². The number of para-hydroxylation sites is 1. The highest BCUT2D eigenvalue weighted by molar-refractivity contribution is 7.99. The molecule has 1 fully saturated rings. The molecular formula is C25H29N3O3S2. The first-order valence-electron chi connectivity index (χ1n) is 11.5. The van der Waals surface area contributed by atoms with E-state index in [9.17, 15) is 13.2 Å². The summed E-state index contributed by atoms with van der Waals surface area (Å²) in [5.41, 5.74) is 6.01. The van der Waals surface area contributed by atoms with Crippen molar-refractivity contribution in [2.45, 2.75) is 57.1 Å². The molecule has 1 aliphatic carbocycles. The highest BCUT2D eigenvalue weighted by Crippen LogP contribution is 2.33. The fourth-order valence-electron chi connectivity index (χ4n) is 5.26. The summed E-state index contributed by atoms with van der Waals surface area (Å²) < 4.78 is 28.2. The monoisotopic (exact) mass is 483 g/mol. The number of aryl methyl sites for hydroxylation is 2. The van der Waals surface area contributed by atoms with E-state index in [1.807, 2.05) is 42.7 Å². The quantitative estimate of drug-likeness (QED) is 0.381. The summed E-state index contributed by atoms with van der Waals surface area (Å²) in [5, 5.41) is 0.872. The van der Waals surface area contributed by atoms with Crippen molar-refractivity contribution in [1.82, 2.24) is 14.1 Å². The highest BCUT2D eigenvalue weighted by Gasteiger charge is 2.32. The maximum Gasteiger partial charge on any atom is 0.175 e. The number of hydrogen-bond donors (Lipinski definition) is 0. The van der Waals surface area contributed by atoms with Gasteiger partial charge in [0.1, 0.15) is 0 Å². The number of nitrogens with zero attached hydrogens (tertiary/aromatic N) is 3. The number of ketones is 1. The third-order valence-electron chi connectivity index (χ3n) is 6.81. The second-order valence-corrected chi connectivity index (χ2v) is 12.3. The topological polar surface area (TPSA) is 74.0 Å². The molecule has 0 radical (unpaired) electrons. The van der Waals surface area contributed by atoms with Gasteiger partial charge >= 0.3 is 0 Å². The summed E-state index contributed by atoms with van der Waals surface area (Å²) in [6, 6.07) is 12.1. The van der Waals surface area contributed by atoms with Gasteiger partial charge < -0.3 is 4.57 Å². The second kappa shape index (κ2) is 8.80. The van der Waals surface area contributed by atoms with Gasteiger partial charge in [-0.05, 0) is 64.2 Å². The van der Waals surface area contributed by atoms with Gasteiger partial charge in [-0.1, -0.05) is 30.0 Å². The first-order chi connectivity index (χ1) is 15.8. The zero-order chi connectivity index (χ0) is 23.2. The van der Waals surface area contributed by atoms with Crippen molar-refractivity contribution < 1.29 is 13.2 Å². The Kier molecular flexibility index (Phi) is 5.99. The molecule has 5 rings (SSSR count). The van der Waals surface area contributed by atoms with Crippen LogP contribution in [0.15, 0.2) is 41.6 Å². The van der Waals surface area contributed by atoms with Gasteiger partial charge in [0.15, 0.2) is 20.8 Å². The molecular weight excluding hydrogens is 454 g/mol. The third kappa shape index (κ3) is 4.30. The normalized spacial score (nSPS) is 19.5. The zero-order valence-corrected chi connectivity index (χ0v) is 20.7. The third-order valence-corrected chi connectivity index (χ3v) is 9.50. The van der Waals surface area contributed by atoms with E-state index in [0.717, 1.165) is 53.6 Å². The van der Waals surface area contributed by atoms with E-state index in [0.29, 0.717) is 17.7 Å². The minimum Gasteiger partial charge on any atom is -0.344 e. The number of benzene rings is 1. The summed E-state index contributed by atoms with van der Waals surface area (Å²) in [6.45, 7) is 3.89. The van der Waals surface area contributed by atoms with E-state index in [-0.39, 0.29) is 23.3 Å². The van der Waals surface area contributed by atoms with Crippen LogP contribution in [0, 0.1) is 13.8 Å². The van der Waals surface area contributed by atoms with Crippen molar-refractivity contribution in [1.29, 1.82) is 0 Å². The Balaban J connectivity index is 1.39. The molecule has 33 heavy (non-hydrogen) atoms. The lowest BCUT2D eigenvalue weighted by molar-refractivity contribution is 0.102. The number of carbonyl (C=O) groups excluding carboxylic acids is 1. The number of sulfone groups is 1. The predicted molar refractivity (Wildman–Crippen MR) is 131 cm³/mol. The number of carbonyl (C=O) groups is 1. The lowest BCUT2D eigenvalue weighted by Crippen LogP contribution is -2.14. The molecule has 3 heterocycles. The van der Waals surface area contributed by atoms with Crippen LogP contribution in [-0.2, 0) is 22.7 Å². The molecule has 0 amide bonds. The van der Waals surface area contributed by atoms with Gasteiger partial charge in [-0.3, -0.25) is 9.36 Å². The molecule has 1 atom stereocenters. The van der Waals surface area contributed by atoms with Crippen molar-refractivity contribution in [3.8, 4) is 5.69 Å². The van der Waals surface area contributed by atoms with E-state index in [1.54, 1.807) is 0 Å². The van der Waals surface area contributed by atoms with Gasteiger partial charge in [0.2, 0.25) is 0 Å². The minimum atomic E-state index is -2.99. The molecule has 0 spiro atoms. The van der Waals surface area contributed by atoms with Crippen molar-refractivity contribution in [2.24, 2.45) is 0 Å². The number of hydrogen-bond acceptors (Lipinski definition) is 5. The number of rotatable bonds is 6. The Hall–Kier alpha value is -2.32. The molecule has 6 nitrogen and oxygen atoms in total. The van der Waals surface area contributed by atoms with Crippen LogP contribution in [0.5, 0.6) is 0 Å². The van der Waals surface area contributed by atoms with Gasteiger partial charge in [-0.15, -0.1) is 0 Å². The maximum absolute atomic E-state index is 13.2.